The summed E-state index contributed by atoms with van der Waals surface area (Å²) in [5.74, 6) is -0.441. The summed E-state index contributed by atoms with van der Waals surface area (Å²) in [6.45, 7) is 6.76. The third-order valence-electron chi connectivity index (χ3n) is 2.15. The minimum Gasteiger partial charge on any atom is -0.207 e. The van der Waals surface area contributed by atoms with Gasteiger partial charge in [-0.15, -0.1) is 0 Å². The smallest absolute Gasteiger partial charge is 0.207 e. The first-order valence-corrected chi connectivity index (χ1v) is 7.11. The lowest BCUT2D eigenvalue weighted by atomic mass is 10.1. The minimum atomic E-state index is -3.64. The van der Waals surface area contributed by atoms with Crippen molar-refractivity contribution in [2.24, 2.45) is 0 Å². The second-order valence-corrected chi connectivity index (χ2v) is 6.54. The van der Waals surface area contributed by atoms with Crippen LogP contribution in [-0.4, -0.2) is 15.0 Å². The van der Waals surface area contributed by atoms with Crippen LogP contribution in [0.25, 0.3) is 0 Å². The van der Waals surface area contributed by atoms with Crippen LogP contribution in [0.3, 0.4) is 0 Å². The maximum atomic E-state index is 13.1. The van der Waals surface area contributed by atoms with Crippen LogP contribution in [0, 0.1) is 19.7 Å². The Morgan fingerprint density at radius 3 is 2.29 bits per heavy atom. The molecule has 0 fully saturated rings. The zero-order valence-corrected chi connectivity index (χ0v) is 12.0. The number of benzene rings is 1. The van der Waals surface area contributed by atoms with E-state index in [0.29, 0.717) is 15.6 Å². The predicted molar refractivity (Wildman–Crippen MR) is 69.1 cm³/mol. The molecule has 3 nitrogen and oxygen atoms in total. The van der Waals surface area contributed by atoms with Gasteiger partial charge < -0.3 is 0 Å². The van der Waals surface area contributed by atoms with Crippen molar-refractivity contribution in [3.8, 4) is 0 Å². The molecule has 0 aliphatic heterocycles. The average Bonchev–Trinajstić information content (AvgIpc) is 2.12. The van der Waals surface area contributed by atoms with Gasteiger partial charge in [-0.3, -0.25) is 0 Å². The molecule has 0 aromatic heterocycles. The van der Waals surface area contributed by atoms with Crippen LogP contribution in [0.1, 0.15) is 11.1 Å². The molecule has 0 amide bonds. The van der Waals surface area contributed by atoms with Crippen molar-refractivity contribution < 1.29 is 12.8 Å². The van der Waals surface area contributed by atoms with Gasteiger partial charge in [-0.1, -0.05) is 22.5 Å². The SMILES string of the molecule is C=C(Br)CNS(=O)(=O)c1c(C)cc(F)cc1C. The molecule has 0 bridgehead atoms. The van der Waals surface area contributed by atoms with E-state index < -0.39 is 15.8 Å². The predicted octanol–water partition coefficient (Wildman–Crippen LogP) is 2.63. The molecule has 1 aromatic rings. The Labute approximate surface area is 109 Å². The van der Waals surface area contributed by atoms with E-state index in [2.05, 4.69) is 27.2 Å². The summed E-state index contributed by atoms with van der Waals surface area (Å²) in [5, 5.41) is 0. The number of hydrogen-bond acceptors (Lipinski definition) is 2. The first-order valence-electron chi connectivity index (χ1n) is 4.83. The van der Waals surface area contributed by atoms with Crippen molar-refractivity contribution in [2.75, 3.05) is 6.54 Å². The zero-order valence-electron chi connectivity index (χ0n) is 9.55. The molecule has 0 heterocycles. The molecular formula is C11H13BrFNO2S. The van der Waals surface area contributed by atoms with Gasteiger partial charge >= 0.3 is 0 Å². The third kappa shape index (κ3) is 3.62. The average molecular weight is 322 g/mol. The highest BCUT2D eigenvalue weighted by Crippen LogP contribution is 2.21. The zero-order chi connectivity index (χ0) is 13.2. The second-order valence-electron chi connectivity index (χ2n) is 3.71. The van der Waals surface area contributed by atoms with Gasteiger partial charge in [0, 0.05) is 11.0 Å². The summed E-state index contributed by atoms with van der Waals surface area (Å²) < 4.78 is 40.0. The molecule has 0 unspecified atom stereocenters. The molecule has 1 aromatic carbocycles. The van der Waals surface area contributed by atoms with Crippen LogP contribution in [0.15, 0.2) is 28.1 Å². The molecule has 0 aliphatic carbocycles. The molecule has 0 saturated carbocycles. The summed E-state index contributed by atoms with van der Waals surface area (Å²) in [5.41, 5.74) is 0.769. The molecule has 17 heavy (non-hydrogen) atoms. The van der Waals surface area contributed by atoms with Crippen LogP contribution >= 0.6 is 15.9 Å². The fourth-order valence-electron chi connectivity index (χ4n) is 1.57. The molecule has 0 atom stereocenters. The number of halogens is 2. The quantitative estimate of drug-likeness (QED) is 0.926. The van der Waals surface area contributed by atoms with Gasteiger partial charge in [0.15, 0.2) is 0 Å². The maximum absolute atomic E-state index is 13.1. The van der Waals surface area contributed by atoms with Gasteiger partial charge in [0.1, 0.15) is 5.82 Å². The summed E-state index contributed by atoms with van der Waals surface area (Å²) in [7, 11) is -3.64. The number of hydrogen-bond donors (Lipinski definition) is 1. The van der Waals surface area contributed by atoms with E-state index in [0.717, 1.165) is 0 Å². The molecule has 1 N–H and O–H groups in total. The highest BCUT2D eigenvalue weighted by Gasteiger charge is 2.19. The van der Waals surface area contributed by atoms with Crippen molar-refractivity contribution in [1.29, 1.82) is 0 Å². The Hall–Kier alpha value is -0.720. The van der Waals surface area contributed by atoms with Crippen molar-refractivity contribution in [3.05, 3.63) is 40.1 Å². The van der Waals surface area contributed by atoms with Crippen LogP contribution in [0.5, 0.6) is 0 Å². The largest absolute Gasteiger partial charge is 0.241 e. The van der Waals surface area contributed by atoms with E-state index in [1.165, 1.54) is 12.1 Å². The molecule has 0 radical (unpaired) electrons. The number of aryl methyl sites for hydroxylation is 2. The van der Waals surface area contributed by atoms with Crippen molar-refractivity contribution in [2.45, 2.75) is 18.7 Å². The molecule has 0 spiro atoms. The molecule has 1 rings (SSSR count). The number of rotatable bonds is 4. The van der Waals surface area contributed by atoms with Gasteiger partial charge in [-0.05, 0) is 37.1 Å². The first-order chi connectivity index (χ1) is 7.74. The summed E-state index contributed by atoms with van der Waals surface area (Å²) in [4.78, 5) is 0.118. The lowest BCUT2D eigenvalue weighted by Gasteiger charge is -2.11. The van der Waals surface area contributed by atoms with E-state index in [1.54, 1.807) is 13.8 Å². The Bertz CT molecular complexity index is 532. The second kappa shape index (κ2) is 5.29. The molecule has 6 heteroatoms. The summed E-state index contributed by atoms with van der Waals surface area (Å²) in [6.07, 6.45) is 0. The summed E-state index contributed by atoms with van der Waals surface area (Å²) in [6, 6.07) is 2.40. The van der Waals surface area contributed by atoms with Gasteiger partial charge in [0.25, 0.3) is 0 Å². The molecular weight excluding hydrogens is 309 g/mol. The van der Waals surface area contributed by atoms with Gasteiger partial charge in [-0.2, -0.15) is 0 Å². The standard InChI is InChI=1S/C11H13BrFNO2S/c1-7-4-10(13)5-8(2)11(7)17(15,16)14-6-9(3)12/h4-5,14H,3,6H2,1-2H3. The van der Waals surface area contributed by atoms with Crippen LogP contribution in [-0.2, 0) is 10.0 Å². The highest BCUT2D eigenvalue weighted by atomic mass is 79.9. The Balaban J connectivity index is 3.20. The number of sulfonamides is 1. The van der Waals surface area contributed by atoms with Gasteiger partial charge in [0.2, 0.25) is 10.0 Å². The van der Waals surface area contributed by atoms with Gasteiger partial charge in [-0.25, -0.2) is 17.5 Å². The normalized spacial score (nSPS) is 11.5. The van der Waals surface area contributed by atoms with E-state index in [-0.39, 0.29) is 11.4 Å². The molecule has 94 valence electrons. The fraction of sp³-hybridized carbons (Fsp3) is 0.273. The van der Waals surface area contributed by atoms with E-state index in [9.17, 15) is 12.8 Å². The highest BCUT2D eigenvalue weighted by molar-refractivity contribution is 9.11. The first kappa shape index (κ1) is 14.3. The van der Waals surface area contributed by atoms with Gasteiger partial charge in [0.05, 0.1) is 4.90 Å². The van der Waals surface area contributed by atoms with Crippen molar-refractivity contribution >= 4 is 26.0 Å². The Morgan fingerprint density at radius 1 is 1.41 bits per heavy atom. The topological polar surface area (TPSA) is 46.2 Å². The Kier molecular flexibility index (Phi) is 4.46. The minimum absolute atomic E-state index is 0.0958. The van der Waals surface area contributed by atoms with Crippen LogP contribution < -0.4 is 4.72 Å². The molecule has 0 aliphatic rings. The maximum Gasteiger partial charge on any atom is 0.241 e. The van der Waals surface area contributed by atoms with E-state index in [4.69, 9.17) is 0 Å². The van der Waals surface area contributed by atoms with Crippen LogP contribution in [0.4, 0.5) is 4.39 Å². The van der Waals surface area contributed by atoms with Crippen LogP contribution in [0.2, 0.25) is 0 Å². The van der Waals surface area contributed by atoms with E-state index in [1.807, 2.05) is 0 Å². The third-order valence-corrected chi connectivity index (χ3v) is 4.13. The monoisotopic (exact) mass is 321 g/mol. The lowest BCUT2D eigenvalue weighted by molar-refractivity contribution is 0.582. The van der Waals surface area contributed by atoms with Crippen molar-refractivity contribution in [3.63, 3.8) is 0 Å². The van der Waals surface area contributed by atoms with E-state index >= 15 is 0 Å². The van der Waals surface area contributed by atoms with Crippen molar-refractivity contribution in [1.82, 2.24) is 4.72 Å². The Morgan fingerprint density at radius 2 is 1.88 bits per heavy atom. The summed E-state index contributed by atoms with van der Waals surface area (Å²) >= 11 is 3.07. The molecule has 0 saturated heterocycles. The lowest BCUT2D eigenvalue weighted by Crippen LogP contribution is -2.26. The number of nitrogens with one attached hydrogen (secondary N) is 1. The fourth-order valence-corrected chi connectivity index (χ4v) is 3.37.